The quantitative estimate of drug-likeness (QED) is 0.818. The van der Waals surface area contributed by atoms with Crippen molar-refractivity contribution >= 4 is 11.6 Å². The Bertz CT molecular complexity index is 585. The van der Waals surface area contributed by atoms with Crippen LogP contribution in [0.15, 0.2) is 28.7 Å². The lowest BCUT2D eigenvalue weighted by Gasteiger charge is -2.04. The first kappa shape index (κ1) is 14.1. The highest BCUT2D eigenvalue weighted by molar-refractivity contribution is 5.76. The van der Waals surface area contributed by atoms with Crippen LogP contribution in [-0.4, -0.2) is 10.9 Å². The normalized spacial score (nSPS) is 10.5. The lowest BCUT2D eigenvalue weighted by atomic mass is 10.1. The molecule has 1 aromatic heterocycles. The van der Waals surface area contributed by atoms with E-state index in [1.54, 1.807) is 0 Å². The van der Waals surface area contributed by atoms with Crippen LogP contribution in [0.3, 0.4) is 0 Å². The van der Waals surface area contributed by atoms with Crippen LogP contribution in [0.25, 0.3) is 0 Å². The van der Waals surface area contributed by atoms with E-state index in [1.165, 1.54) is 0 Å². The summed E-state index contributed by atoms with van der Waals surface area (Å²) in [5.74, 6) is 1.30. The average molecular weight is 273 g/mol. The number of anilines is 1. The van der Waals surface area contributed by atoms with Crippen molar-refractivity contribution in [2.45, 2.75) is 33.2 Å². The molecule has 20 heavy (non-hydrogen) atoms. The van der Waals surface area contributed by atoms with E-state index in [4.69, 9.17) is 10.2 Å². The van der Waals surface area contributed by atoms with Gasteiger partial charge in [-0.3, -0.25) is 4.79 Å². The molecule has 5 nitrogen and oxygen atoms in total. The zero-order chi connectivity index (χ0) is 14.5. The first-order chi connectivity index (χ1) is 9.54. The van der Waals surface area contributed by atoms with E-state index in [0.717, 1.165) is 17.0 Å². The molecule has 1 heterocycles. The van der Waals surface area contributed by atoms with Crippen molar-refractivity contribution in [3.63, 3.8) is 0 Å². The first-order valence-corrected chi connectivity index (χ1v) is 6.58. The monoisotopic (exact) mass is 273 g/mol. The maximum Gasteiger partial charge on any atom is 0.220 e. The van der Waals surface area contributed by atoms with Crippen LogP contribution in [0.4, 0.5) is 5.69 Å². The molecule has 0 fully saturated rings. The van der Waals surface area contributed by atoms with E-state index in [0.29, 0.717) is 31.0 Å². The second kappa shape index (κ2) is 6.23. The van der Waals surface area contributed by atoms with Gasteiger partial charge in [-0.25, -0.2) is 4.98 Å². The summed E-state index contributed by atoms with van der Waals surface area (Å²) < 4.78 is 5.40. The highest BCUT2D eigenvalue weighted by Gasteiger charge is 2.07. The largest absolute Gasteiger partial charge is 0.444 e. The molecule has 2 rings (SSSR count). The Hall–Kier alpha value is -2.30. The molecule has 0 bridgehead atoms. The molecule has 3 N–H and O–H groups in total. The molecule has 2 aromatic rings. The number of carbonyl (C=O) groups excluding carboxylic acids is 1. The molecule has 1 aromatic carbocycles. The van der Waals surface area contributed by atoms with Crippen molar-refractivity contribution in [3.05, 3.63) is 47.2 Å². The molecule has 0 aliphatic heterocycles. The third-order valence-corrected chi connectivity index (χ3v) is 3.10. The van der Waals surface area contributed by atoms with Gasteiger partial charge in [0.15, 0.2) is 0 Å². The summed E-state index contributed by atoms with van der Waals surface area (Å²) in [6.45, 7) is 4.06. The molecule has 0 unspecified atom stereocenters. The number of hydrogen-bond acceptors (Lipinski definition) is 4. The Labute approximate surface area is 118 Å². The summed E-state index contributed by atoms with van der Waals surface area (Å²) >= 11 is 0. The van der Waals surface area contributed by atoms with Crippen molar-refractivity contribution in [1.29, 1.82) is 0 Å². The van der Waals surface area contributed by atoms with Gasteiger partial charge < -0.3 is 15.5 Å². The van der Waals surface area contributed by atoms with Crippen LogP contribution in [-0.2, 0) is 17.8 Å². The minimum Gasteiger partial charge on any atom is -0.444 e. The van der Waals surface area contributed by atoms with E-state index in [-0.39, 0.29) is 5.91 Å². The van der Waals surface area contributed by atoms with E-state index >= 15 is 0 Å². The number of hydrogen-bond donors (Lipinski definition) is 2. The minimum absolute atomic E-state index is 0.0269. The minimum atomic E-state index is -0.0269. The van der Waals surface area contributed by atoms with E-state index in [9.17, 15) is 4.79 Å². The number of nitrogen functional groups attached to an aromatic ring is 1. The number of aryl methyl sites for hydroxylation is 3. The predicted octanol–water partition coefficient (Wildman–Crippen LogP) is 2.12. The fourth-order valence-electron chi connectivity index (χ4n) is 1.88. The number of rotatable bonds is 5. The Morgan fingerprint density at radius 2 is 2.20 bits per heavy atom. The molecule has 5 heteroatoms. The molecule has 1 amide bonds. The lowest BCUT2D eigenvalue weighted by Crippen LogP contribution is -2.23. The van der Waals surface area contributed by atoms with Gasteiger partial charge in [0.1, 0.15) is 5.76 Å². The molecule has 0 saturated carbocycles. The maximum atomic E-state index is 11.8. The summed E-state index contributed by atoms with van der Waals surface area (Å²) in [6.07, 6.45) is 1.09. The van der Waals surface area contributed by atoms with Gasteiger partial charge in [-0.1, -0.05) is 12.1 Å². The van der Waals surface area contributed by atoms with Crippen LogP contribution in [0, 0.1) is 13.8 Å². The molecular formula is C15H19N3O2. The molecule has 0 spiro atoms. The summed E-state index contributed by atoms with van der Waals surface area (Å²) in [5, 5.41) is 2.80. The number of benzene rings is 1. The van der Waals surface area contributed by atoms with Gasteiger partial charge in [0.25, 0.3) is 0 Å². The van der Waals surface area contributed by atoms with Gasteiger partial charge in [0.2, 0.25) is 11.8 Å². The maximum absolute atomic E-state index is 11.8. The lowest BCUT2D eigenvalue weighted by molar-refractivity contribution is -0.121. The number of carbonyl (C=O) groups is 1. The van der Waals surface area contributed by atoms with Crippen LogP contribution in [0.2, 0.25) is 0 Å². The summed E-state index contributed by atoms with van der Waals surface area (Å²) in [7, 11) is 0. The molecule has 0 saturated heterocycles. The average Bonchev–Trinajstić information content (AvgIpc) is 2.73. The molecule has 0 atom stereocenters. The highest BCUT2D eigenvalue weighted by atomic mass is 16.4. The zero-order valence-electron chi connectivity index (χ0n) is 11.8. The van der Waals surface area contributed by atoms with Gasteiger partial charge in [-0.15, -0.1) is 0 Å². The van der Waals surface area contributed by atoms with Crippen molar-refractivity contribution < 1.29 is 9.21 Å². The third-order valence-electron chi connectivity index (χ3n) is 3.10. The topological polar surface area (TPSA) is 81.2 Å². The van der Waals surface area contributed by atoms with Crippen molar-refractivity contribution in [2.75, 3.05) is 5.73 Å². The first-order valence-electron chi connectivity index (χ1n) is 6.58. The number of nitrogens with zero attached hydrogens (tertiary/aromatic N) is 1. The standard InChI is InChI=1S/C15H19N3O2/c1-10-11(2)20-15(18-10)9-17-14(19)7-6-12-4-3-5-13(16)8-12/h3-5,8H,6-7,9,16H2,1-2H3,(H,17,19). The van der Waals surface area contributed by atoms with Gasteiger partial charge in [0, 0.05) is 12.1 Å². The fourth-order valence-corrected chi connectivity index (χ4v) is 1.88. The second-order valence-electron chi connectivity index (χ2n) is 4.77. The summed E-state index contributed by atoms with van der Waals surface area (Å²) in [4.78, 5) is 16.0. The van der Waals surface area contributed by atoms with E-state index < -0.39 is 0 Å². The second-order valence-corrected chi connectivity index (χ2v) is 4.77. The molecule has 106 valence electrons. The van der Waals surface area contributed by atoms with Gasteiger partial charge in [-0.05, 0) is 38.0 Å². The van der Waals surface area contributed by atoms with E-state index in [1.807, 2.05) is 38.1 Å². The summed E-state index contributed by atoms with van der Waals surface area (Å²) in [6, 6.07) is 7.57. The smallest absolute Gasteiger partial charge is 0.220 e. The van der Waals surface area contributed by atoms with Crippen LogP contribution in [0.5, 0.6) is 0 Å². The summed E-state index contributed by atoms with van der Waals surface area (Å²) in [5.41, 5.74) is 8.33. The fraction of sp³-hybridized carbons (Fsp3) is 0.333. The van der Waals surface area contributed by atoms with Gasteiger partial charge >= 0.3 is 0 Å². The number of oxazole rings is 1. The number of amides is 1. The van der Waals surface area contributed by atoms with Crippen molar-refractivity contribution in [1.82, 2.24) is 10.3 Å². The number of nitrogens with two attached hydrogens (primary N) is 1. The SMILES string of the molecule is Cc1nc(CNC(=O)CCc2cccc(N)c2)oc1C. The number of nitrogens with one attached hydrogen (secondary N) is 1. The van der Waals surface area contributed by atoms with Crippen molar-refractivity contribution in [2.24, 2.45) is 0 Å². The van der Waals surface area contributed by atoms with Crippen LogP contribution >= 0.6 is 0 Å². The Morgan fingerprint density at radius 1 is 1.40 bits per heavy atom. The molecular weight excluding hydrogens is 254 g/mol. The third kappa shape index (κ3) is 3.85. The molecule has 0 aliphatic carbocycles. The zero-order valence-corrected chi connectivity index (χ0v) is 11.8. The molecule has 0 radical (unpaired) electrons. The van der Waals surface area contributed by atoms with Crippen LogP contribution < -0.4 is 11.1 Å². The highest BCUT2D eigenvalue weighted by Crippen LogP contribution is 2.09. The molecule has 0 aliphatic rings. The Morgan fingerprint density at radius 3 is 2.85 bits per heavy atom. The van der Waals surface area contributed by atoms with Crippen molar-refractivity contribution in [3.8, 4) is 0 Å². The van der Waals surface area contributed by atoms with Crippen LogP contribution in [0.1, 0.15) is 29.3 Å². The van der Waals surface area contributed by atoms with Gasteiger partial charge in [-0.2, -0.15) is 0 Å². The van der Waals surface area contributed by atoms with Gasteiger partial charge in [0.05, 0.1) is 12.2 Å². The van der Waals surface area contributed by atoms with E-state index in [2.05, 4.69) is 10.3 Å². The predicted molar refractivity (Wildman–Crippen MR) is 77.0 cm³/mol. The Balaban J connectivity index is 1.78. The Kier molecular flexibility index (Phi) is 4.40. The number of aromatic nitrogens is 1.